The number of hydrogen-bond donors (Lipinski definition) is 0. The van der Waals surface area contributed by atoms with Crippen molar-refractivity contribution in [2.45, 2.75) is 0 Å². The van der Waals surface area contributed by atoms with E-state index in [0.717, 1.165) is 15.9 Å². The van der Waals surface area contributed by atoms with Gasteiger partial charge in [-0.1, -0.05) is 60.1 Å². The van der Waals surface area contributed by atoms with Gasteiger partial charge in [-0.15, -0.1) is 5.10 Å². The minimum absolute atomic E-state index is 0.0929. The van der Waals surface area contributed by atoms with Crippen molar-refractivity contribution in [3.63, 3.8) is 0 Å². The van der Waals surface area contributed by atoms with Crippen molar-refractivity contribution in [1.82, 2.24) is 25.0 Å². The quantitative estimate of drug-likeness (QED) is 0.145. The topological polar surface area (TPSA) is 96.1 Å². The first-order valence-electron chi connectivity index (χ1n) is 11.4. The number of fused-ring (bicyclic) bond motifs is 3. The van der Waals surface area contributed by atoms with E-state index in [2.05, 4.69) is 20.6 Å². The van der Waals surface area contributed by atoms with Crippen LogP contribution in [0.3, 0.4) is 0 Å². The third-order valence-electron chi connectivity index (χ3n) is 5.94. The fourth-order valence-corrected chi connectivity index (χ4v) is 4.58. The smallest absolute Gasteiger partial charge is 0.268 e. The van der Waals surface area contributed by atoms with Gasteiger partial charge >= 0.3 is 0 Å². The third kappa shape index (κ3) is 4.11. The first-order chi connectivity index (χ1) is 18.5. The maximum absolute atomic E-state index is 13.6. The number of carbonyl (C=O) groups is 2. The SMILES string of the molecule is O=C1/C(=C/c2ccccc2)C(=O)N(c2ccc(Cl)cc2)C(=S)N1/N=C/c1cc2ccccc2n2nnnc12. The average Bonchev–Trinajstić information content (AvgIpc) is 3.43. The molecule has 0 atom stereocenters. The van der Waals surface area contributed by atoms with Crippen molar-refractivity contribution in [2.75, 3.05) is 4.90 Å². The van der Waals surface area contributed by atoms with Gasteiger partial charge in [0.25, 0.3) is 11.8 Å². The van der Waals surface area contributed by atoms with Crippen LogP contribution in [0.1, 0.15) is 11.1 Å². The molecule has 184 valence electrons. The Morgan fingerprint density at radius 2 is 1.63 bits per heavy atom. The summed E-state index contributed by atoms with van der Waals surface area (Å²) in [4.78, 5) is 28.4. The zero-order chi connectivity index (χ0) is 26.2. The summed E-state index contributed by atoms with van der Waals surface area (Å²) in [7, 11) is 0. The van der Waals surface area contributed by atoms with Crippen molar-refractivity contribution >= 4 is 75.3 Å². The van der Waals surface area contributed by atoms with Crippen LogP contribution in [-0.4, -0.2) is 48.2 Å². The van der Waals surface area contributed by atoms with Gasteiger partial charge in [-0.05, 0) is 70.7 Å². The predicted octanol–water partition coefficient (Wildman–Crippen LogP) is 4.51. The van der Waals surface area contributed by atoms with E-state index in [0.29, 0.717) is 27.5 Å². The summed E-state index contributed by atoms with van der Waals surface area (Å²) in [5, 5.41) is 18.7. The Hall–Kier alpha value is -4.80. The number of hydrogen-bond acceptors (Lipinski definition) is 7. The van der Waals surface area contributed by atoms with Crippen molar-refractivity contribution in [1.29, 1.82) is 0 Å². The monoisotopic (exact) mass is 537 g/mol. The fourth-order valence-electron chi connectivity index (χ4n) is 4.13. The molecule has 1 saturated heterocycles. The lowest BCUT2D eigenvalue weighted by molar-refractivity contribution is -0.127. The molecule has 0 saturated carbocycles. The molecular formula is C27H16ClN7O2S. The van der Waals surface area contributed by atoms with E-state index < -0.39 is 11.8 Å². The second-order valence-electron chi connectivity index (χ2n) is 8.30. The average molecular weight is 538 g/mol. The lowest BCUT2D eigenvalue weighted by atomic mass is 10.1. The number of hydrazone groups is 1. The van der Waals surface area contributed by atoms with Gasteiger partial charge in [-0.25, -0.2) is 0 Å². The molecule has 5 aromatic rings. The molecule has 0 spiro atoms. The van der Waals surface area contributed by atoms with Gasteiger partial charge in [0.15, 0.2) is 5.65 Å². The number of carbonyl (C=O) groups excluding carboxylic acids is 2. The summed E-state index contributed by atoms with van der Waals surface area (Å²) in [5.41, 5.74) is 2.88. The van der Waals surface area contributed by atoms with Crippen LogP contribution in [0.2, 0.25) is 5.02 Å². The highest BCUT2D eigenvalue weighted by atomic mass is 35.5. The van der Waals surface area contributed by atoms with Crippen LogP contribution in [0.4, 0.5) is 5.69 Å². The van der Waals surface area contributed by atoms with Gasteiger partial charge in [0.2, 0.25) is 5.11 Å². The highest BCUT2D eigenvalue weighted by Gasteiger charge is 2.40. The molecule has 0 aliphatic carbocycles. The largest absolute Gasteiger partial charge is 0.286 e. The number of para-hydroxylation sites is 1. The summed E-state index contributed by atoms with van der Waals surface area (Å²) in [6.45, 7) is 0. The van der Waals surface area contributed by atoms with Crippen LogP contribution in [-0.2, 0) is 9.59 Å². The number of benzene rings is 3. The standard InChI is InChI=1S/C27H16ClN7O2S/c28-20-10-12-21(13-11-20)33-25(36)22(14-17-6-2-1-3-7-17)26(37)35(27(33)38)29-16-19-15-18-8-4-5-9-23(18)34-24(19)30-31-32-34/h1-16H/b22-14+,29-16+. The van der Waals surface area contributed by atoms with Crippen molar-refractivity contribution in [3.8, 4) is 0 Å². The summed E-state index contributed by atoms with van der Waals surface area (Å²) in [6, 6.07) is 25.2. The van der Waals surface area contributed by atoms with Gasteiger partial charge in [-0.3, -0.25) is 14.5 Å². The fraction of sp³-hybridized carbons (Fsp3) is 0. The molecule has 38 heavy (non-hydrogen) atoms. The number of anilines is 1. The molecule has 1 aliphatic rings. The molecule has 2 aromatic heterocycles. The highest BCUT2D eigenvalue weighted by molar-refractivity contribution is 7.80. The maximum Gasteiger partial charge on any atom is 0.286 e. The zero-order valence-corrected chi connectivity index (χ0v) is 21.0. The van der Waals surface area contributed by atoms with Crippen LogP contribution >= 0.6 is 23.8 Å². The summed E-state index contributed by atoms with van der Waals surface area (Å²) in [5.74, 6) is -1.21. The Morgan fingerprint density at radius 3 is 2.42 bits per heavy atom. The first kappa shape index (κ1) is 23.6. The Morgan fingerprint density at radius 1 is 0.895 bits per heavy atom. The van der Waals surface area contributed by atoms with E-state index in [1.807, 2.05) is 48.5 Å². The van der Waals surface area contributed by atoms with E-state index in [-0.39, 0.29) is 10.7 Å². The minimum atomic E-state index is -0.651. The normalized spacial score (nSPS) is 15.5. The number of rotatable bonds is 4. The van der Waals surface area contributed by atoms with E-state index in [4.69, 9.17) is 23.8 Å². The van der Waals surface area contributed by atoms with E-state index in [1.54, 1.807) is 40.9 Å². The molecule has 2 amide bonds. The molecular weight excluding hydrogens is 522 g/mol. The number of nitrogens with zero attached hydrogens (tertiary/aromatic N) is 7. The van der Waals surface area contributed by atoms with Crippen LogP contribution in [0.15, 0.2) is 95.6 Å². The summed E-state index contributed by atoms with van der Waals surface area (Å²) in [6.07, 6.45) is 2.98. The molecule has 3 heterocycles. The number of halogens is 1. The highest BCUT2D eigenvalue weighted by Crippen LogP contribution is 2.28. The number of pyridine rings is 1. The molecule has 9 nitrogen and oxygen atoms in total. The van der Waals surface area contributed by atoms with Gasteiger partial charge in [0, 0.05) is 16.0 Å². The minimum Gasteiger partial charge on any atom is -0.268 e. The van der Waals surface area contributed by atoms with Crippen molar-refractivity contribution in [2.24, 2.45) is 5.10 Å². The zero-order valence-electron chi connectivity index (χ0n) is 19.5. The van der Waals surface area contributed by atoms with Gasteiger partial charge in [0.05, 0.1) is 17.4 Å². The molecule has 0 radical (unpaired) electrons. The molecule has 6 rings (SSSR count). The lowest BCUT2D eigenvalue weighted by Crippen LogP contribution is -2.54. The van der Waals surface area contributed by atoms with E-state index >= 15 is 0 Å². The van der Waals surface area contributed by atoms with Gasteiger partial charge in [-0.2, -0.15) is 14.6 Å². The van der Waals surface area contributed by atoms with E-state index in [9.17, 15) is 9.59 Å². The Kier molecular flexibility index (Phi) is 5.95. The number of aromatic nitrogens is 4. The Labute approximate surface area is 226 Å². The van der Waals surface area contributed by atoms with Crippen LogP contribution in [0.5, 0.6) is 0 Å². The third-order valence-corrected chi connectivity index (χ3v) is 6.55. The number of thiocarbonyl (C=S) groups is 1. The van der Waals surface area contributed by atoms with Gasteiger partial charge < -0.3 is 0 Å². The van der Waals surface area contributed by atoms with Crippen molar-refractivity contribution < 1.29 is 9.59 Å². The molecule has 1 aliphatic heterocycles. The molecule has 0 unspecified atom stereocenters. The molecule has 11 heteroatoms. The Bertz CT molecular complexity index is 1800. The number of tetrazole rings is 1. The predicted molar refractivity (Wildman–Crippen MR) is 149 cm³/mol. The van der Waals surface area contributed by atoms with Crippen molar-refractivity contribution in [3.05, 3.63) is 107 Å². The lowest BCUT2D eigenvalue weighted by Gasteiger charge is -2.33. The van der Waals surface area contributed by atoms with Crippen LogP contribution < -0.4 is 4.90 Å². The summed E-state index contributed by atoms with van der Waals surface area (Å²) >= 11 is 11.7. The van der Waals surface area contributed by atoms with Gasteiger partial charge in [0.1, 0.15) is 5.57 Å². The van der Waals surface area contributed by atoms with E-state index in [1.165, 1.54) is 17.2 Å². The van der Waals surface area contributed by atoms with Crippen LogP contribution in [0.25, 0.3) is 22.6 Å². The first-order valence-corrected chi connectivity index (χ1v) is 12.2. The number of amides is 2. The molecule has 3 aromatic carbocycles. The second kappa shape index (κ2) is 9.58. The summed E-state index contributed by atoms with van der Waals surface area (Å²) < 4.78 is 1.59. The Balaban J connectivity index is 1.46. The second-order valence-corrected chi connectivity index (χ2v) is 9.10. The molecule has 0 N–H and O–H groups in total. The molecule has 0 bridgehead atoms. The van der Waals surface area contributed by atoms with Crippen LogP contribution in [0, 0.1) is 0 Å². The maximum atomic E-state index is 13.6. The molecule has 1 fully saturated rings.